The molecule has 0 fully saturated rings. The smallest absolute Gasteiger partial charge is 0.242 e. The van der Waals surface area contributed by atoms with Crippen LogP contribution in [0.5, 0.6) is 0 Å². The number of likely N-dealkylation sites (N-methyl/N-ethyl adjacent to an activating group) is 1. The predicted octanol–water partition coefficient (Wildman–Crippen LogP) is 4.37. The molecule has 4 nitrogen and oxygen atoms in total. The first-order valence-corrected chi connectivity index (χ1v) is 11.0. The molecule has 2 amide bonds. The second kappa shape index (κ2) is 11.2. The highest BCUT2D eigenvalue weighted by Crippen LogP contribution is 2.18. The summed E-state index contributed by atoms with van der Waals surface area (Å²) in [5.74, 6) is 0.0798. The summed E-state index contributed by atoms with van der Waals surface area (Å²) >= 11 is 4.87. The summed E-state index contributed by atoms with van der Waals surface area (Å²) in [4.78, 5) is 26.6. The molecule has 150 valence electrons. The van der Waals surface area contributed by atoms with Crippen molar-refractivity contribution < 1.29 is 14.0 Å². The van der Waals surface area contributed by atoms with E-state index in [0.29, 0.717) is 17.9 Å². The van der Waals surface area contributed by atoms with Gasteiger partial charge >= 0.3 is 0 Å². The number of benzene rings is 2. The molecule has 2 rings (SSSR count). The van der Waals surface area contributed by atoms with Crippen molar-refractivity contribution in [3.05, 3.63) is 69.9 Å². The number of amides is 2. The maximum Gasteiger partial charge on any atom is 0.242 e. The van der Waals surface area contributed by atoms with Crippen molar-refractivity contribution in [2.24, 2.45) is 0 Å². The second-order valence-corrected chi connectivity index (χ2v) is 8.20. The largest absolute Gasteiger partial charge is 0.355 e. The summed E-state index contributed by atoms with van der Waals surface area (Å²) < 4.78 is 15.1. The topological polar surface area (TPSA) is 49.4 Å². The third kappa shape index (κ3) is 6.63. The van der Waals surface area contributed by atoms with Crippen LogP contribution in [0.15, 0.2) is 53.0 Å². The van der Waals surface area contributed by atoms with Crippen molar-refractivity contribution in [2.75, 3.05) is 12.3 Å². The van der Waals surface area contributed by atoms with Crippen LogP contribution in [0.3, 0.4) is 0 Å². The molecule has 1 N–H and O–H groups in total. The molecule has 0 saturated carbocycles. The van der Waals surface area contributed by atoms with E-state index in [0.717, 1.165) is 10.0 Å². The standard InChI is InChI=1S/C21H24BrFN2O2S/c1-3-24-21(27)15(2)25(12-17-6-4-5-7-19(17)23)20(26)14-28-13-16-8-10-18(22)11-9-16/h4-11,15H,3,12-14H2,1-2H3,(H,24,27)/t15-/m0/s1. The lowest BCUT2D eigenvalue weighted by atomic mass is 10.1. The summed E-state index contributed by atoms with van der Waals surface area (Å²) in [6, 6.07) is 13.5. The molecule has 0 saturated heterocycles. The Morgan fingerprint density at radius 2 is 1.86 bits per heavy atom. The maximum absolute atomic E-state index is 14.1. The normalized spacial score (nSPS) is 11.7. The average Bonchev–Trinajstić information content (AvgIpc) is 2.68. The van der Waals surface area contributed by atoms with Crippen LogP contribution in [0.2, 0.25) is 0 Å². The van der Waals surface area contributed by atoms with Crippen LogP contribution < -0.4 is 5.32 Å². The second-order valence-electron chi connectivity index (χ2n) is 6.30. The zero-order valence-corrected chi connectivity index (χ0v) is 18.4. The van der Waals surface area contributed by atoms with Gasteiger partial charge in [-0.15, -0.1) is 11.8 Å². The van der Waals surface area contributed by atoms with Crippen molar-refractivity contribution in [3.63, 3.8) is 0 Å². The number of thioether (sulfide) groups is 1. The Bertz CT molecular complexity index is 801. The molecule has 0 aliphatic heterocycles. The van der Waals surface area contributed by atoms with Crippen LogP contribution in [0, 0.1) is 5.82 Å². The quantitative estimate of drug-likeness (QED) is 0.596. The van der Waals surface area contributed by atoms with E-state index >= 15 is 0 Å². The van der Waals surface area contributed by atoms with Crippen molar-refractivity contribution in [1.82, 2.24) is 10.2 Å². The van der Waals surface area contributed by atoms with Crippen LogP contribution in [0.1, 0.15) is 25.0 Å². The van der Waals surface area contributed by atoms with E-state index in [1.54, 1.807) is 25.1 Å². The van der Waals surface area contributed by atoms with Gasteiger partial charge in [-0.3, -0.25) is 9.59 Å². The van der Waals surface area contributed by atoms with Gasteiger partial charge in [-0.05, 0) is 37.6 Å². The lowest BCUT2D eigenvalue weighted by Gasteiger charge is -2.28. The Morgan fingerprint density at radius 1 is 1.18 bits per heavy atom. The Morgan fingerprint density at radius 3 is 2.50 bits per heavy atom. The fraction of sp³-hybridized carbons (Fsp3) is 0.333. The molecule has 0 spiro atoms. The third-order valence-corrected chi connectivity index (χ3v) is 5.74. The highest BCUT2D eigenvalue weighted by atomic mass is 79.9. The van der Waals surface area contributed by atoms with Gasteiger partial charge in [0.15, 0.2) is 0 Å². The minimum atomic E-state index is -0.680. The highest BCUT2D eigenvalue weighted by Gasteiger charge is 2.26. The van der Waals surface area contributed by atoms with Gasteiger partial charge in [-0.25, -0.2) is 4.39 Å². The number of carbonyl (C=O) groups excluding carboxylic acids is 2. The number of hydrogen-bond acceptors (Lipinski definition) is 3. The van der Waals surface area contributed by atoms with E-state index in [4.69, 9.17) is 0 Å². The molecule has 0 heterocycles. The number of hydrogen-bond donors (Lipinski definition) is 1. The number of halogens is 2. The molecular formula is C21H24BrFN2O2S. The van der Waals surface area contributed by atoms with E-state index in [1.807, 2.05) is 31.2 Å². The molecule has 28 heavy (non-hydrogen) atoms. The summed E-state index contributed by atoms with van der Waals surface area (Å²) in [5.41, 5.74) is 1.50. The summed E-state index contributed by atoms with van der Waals surface area (Å²) in [6.45, 7) is 4.02. The van der Waals surface area contributed by atoms with Gasteiger partial charge in [0, 0.05) is 28.9 Å². The van der Waals surface area contributed by atoms with Gasteiger partial charge in [0.2, 0.25) is 11.8 Å². The van der Waals surface area contributed by atoms with Gasteiger partial charge in [0.05, 0.1) is 5.75 Å². The number of nitrogens with zero attached hydrogens (tertiary/aromatic N) is 1. The van der Waals surface area contributed by atoms with E-state index in [1.165, 1.54) is 22.7 Å². The third-order valence-electron chi connectivity index (χ3n) is 4.22. The molecule has 1 atom stereocenters. The first-order valence-electron chi connectivity index (χ1n) is 9.05. The van der Waals surface area contributed by atoms with Crippen LogP contribution in [-0.4, -0.2) is 35.1 Å². The Hall–Kier alpha value is -1.86. The van der Waals surface area contributed by atoms with E-state index in [2.05, 4.69) is 21.2 Å². The average molecular weight is 467 g/mol. The van der Waals surface area contributed by atoms with Crippen LogP contribution in [-0.2, 0) is 21.9 Å². The highest BCUT2D eigenvalue weighted by molar-refractivity contribution is 9.10. The SMILES string of the molecule is CCNC(=O)[C@H](C)N(Cc1ccccc1F)C(=O)CSCc1ccc(Br)cc1. The molecular weight excluding hydrogens is 443 g/mol. The molecule has 7 heteroatoms. The summed E-state index contributed by atoms with van der Waals surface area (Å²) in [6.07, 6.45) is 0. The lowest BCUT2D eigenvalue weighted by Crippen LogP contribution is -2.48. The monoisotopic (exact) mass is 466 g/mol. The molecule has 0 bridgehead atoms. The lowest BCUT2D eigenvalue weighted by molar-refractivity contribution is -0.138. The van der Waals surface area contributed by atoms with Crippen LogP contribution in [0.4, 0.5) is 4.39 Å². The van der Waals surface area contributed by atoms with Gasteiger partial charge in [-0.1, -0.05) is 46.3 Å². The fourth-order valence-electron chi connectivity index (χ4n) is 2.63. The zero-order chi connectivity index (χ0) is 20.5. The van der Waals surface area contributed by atoms with Gasteiger partial charge in [-0.2, -0.15) is 0 Å². The van der Waals surface area contributed by atoms with E-state index in [-0.39, 0.29) is 29.9 Å². The van der Waals surface area contributed by atoms with Crippen molar-refractivity contribution >= 4 is 39.5 Å². The zero-order valence-electron chi connectivity index (χ0n) is 16.0. The van der Waals surface area contributed by atoms with Gasteiger partial charge in [0.25, 0.3) is 0 Å². The van der Waals surface area contributed by atoms with Crippen molar-refractivity contribution in [3.8, 4) is 0 Å². The van der Waals surface area contributed by atoms with E-state index in [9.17, 15) is 14.0 Å². The van der Waals surface area contributed by atoms with Crippen LogP contribution in [0.25, 0.3) is 0 Å². The molecule has 0 radical (unpaired) electrons. The summed E-state index contributed by atoms with van der Waals surface area (Å²) in [5, 5.41) is 2.73. The van der Waals surface area contributed by atoms with Crippen LogP contribution >= 0.6 is 27.7 Å². The Labute approximate surface area is 178 Å². The van der Waals surface area contributed by atoms with E-state index < -0.39 is 6.04 Å². The Balaban J connectivity index is 2.06. The molecule has 0 aliphatic rings. The number of rotatable bonds is 9. The molecule has 0 aliphatic carbocycles. The summed E-state index contributed by atoms with van der Waals surface area (Å²) in [7, 11) is 0. The van der Waals surface area contributed by atoms with Crippen molar-refractivity contribution in [2.45, 2.75) is 32.2 Å². The number of carbonyl (C=O) groups is 2. The minimum Gasteiger partial charge on any atom is -0.355 e. The fourth-order valence-corrected chi connectivity index (χ4v) is 3.77. The molecule has 0 aromatic heterocycles. The number of nitrogens with one attached hydrogen (secondary N) is 1. The Kier molecular flexibility index (Phi) is 8.99. The van der Waals surface area contributed by atoms with Crippen molar-refractivity contribution in [1.29, 1.82) is 0 Å². The first kappa shape index (κ1) is 22.4. The first-order chi connectivity index (χ1) is 13.4. The molecule has 0 unspecified atom stereocenters. The predicted molar refractivity (Wildman–Crippen MR) is 115 cm³/mol. The van der Waals surface area contributed by atoms with Gasteiger partial charge < -0.3 is 10.2 Å². The maximum atomic E-state index is 14.1. The molecule has 2 aromatic carbocycles. The minimum absolute atomic E-state index is 0.0582. The van der Waals surface area contributed by atoms with Gasteiger partial charge in [0.1, 0.15) is 11.9 Å². The molecule has 2 aromatic rings.